The number of fused-ring (bicyclic) bond motifs is 1. The molecule has 0 saturated carbocycles. The topological polar surface area (TPSA) is 51.3 Å². The van der Waals surface area contributed by atoms with E-state index in [9.17, 15) is 4.79 Å². The average Bonchev–Trinajstić information content (AvgIpc) is 2.79. The van der Waals surface area contributed by atoms with E-state index in [2.05, 4.69) is 18.3 Å². The summed E-state index contributed by atoms with van der Waals surface area (Å²) in [5, 5.41) is 1.20. The van der Waals surface area contributed by atoms with Crippen LogP contribution in [-0.2, 0) is 17.8 Å². The molecule has 2 rings (SSSR count). The molecular formula is C16H23N3O. The maximum atomic E-state index is 12.3. The smallest absolute Gasteiger partial charge is 0.242 e. The quantitative estimate of drug-likeness (QED) is 0.875. The number of rotatable bonds is 6. The van der Waals surface area contributed by atoms with E-state index in [4.69, 9.17) is 5.73 Å². The van der Waals surface area contributed by atoms with Crippen LogP contribution in [0.3, 0.4) is 0 Å². The van der Waals surface area contributed by atoms with Crippen molar-refractivity contribution in [3.05, 3.63) is 36.0 Å². The average molecular weight is 273 g/mol. The van der Waals surface area contributed by atoms with Gasteiger partial charge in [-0.3, -0.25) is 4.79 Å². The number of hydrogen-bond acceptors (Lipinski definition) is 2. The molecule has 4 nitrogen and oxygen atoms in total. The zero-order chi connectivity index (χ0) is 14.5. The van der Waals surface area contributed by atoms with Crippen molar-refractivity contribution in [2.45, 2.75) is 26.8 Å². The molecule has 2 N–H and O–H groups in total. The van der Waals surface area contributed by atoms with Crippen molar-refractivity contribution in [3.8, 4) is 0 Å². The molecule has 108 valence electrons. The summed E-state index contributed by atoms with van der Waals surface area (Å²) >= 11 is 0. The Bertz CT molecular complexity index is 584. The monoisotopic (exact) mass is 273 g/mol. The molecule has 0 radical (unpaired) electrons. The first kappa shape index (κ1) is 14.6. The fourth-order valence-electron chi connectivity index (χ4n) is 2.63. The molecule has 0 bridgehead atoms. The first-order valence-corrected chi connectivity index (χ1v) is 7.25. The molecule has 1 aromatic carbocycles. The van der Waals surface area contributed by atoms with Gasteiger partial charge in [-0.05, 0) is 38.4 Å². The molecule has 0 aliphatic carbocycles. The second-order valence-electron chi connectivity index (χ2n) is 4.90. The molecule has 0 fully saturated rings. The summed E-state index contributed by atoms with van der Waals surface area (Å²) in [4.78, 5) is 14.1. The standard InChI is InChI=1S/C16H23N3O/c1-3-18(4-2)16(20)12-19-11-13(9-10-17)14-7-5-6-8-15(14)19/h5-8,11H,3-4,9-10,12,17H2,1-2H3. The van der Waals surface area contributed by atoms with Gasteiger partial charge in [-0.1, -0.05) is 18.2 Å². The van der Waals surface area contributed by atoms with Gasteiger partial charge in [-0.15, -0.1) is 0 Å². The Kier molecular flexibility index (Phi) is 4.79. The SMILES string of the molecule is CCN(CC)C(=O)Cn1cc(CCN)c2ccccc21. The van der Waals surface area contributed by atoms with Crippen LogP contribution in [-0.4, -0.2) is 35.0 Å². The molecule has 0 atom stereocenters. The normalized spacial score (nSPS) is 10.9. The zero-order valence-electron chi connectivity index (χ0n) is 12.3. The van der Waals surface area contributed by atoms with Crippen LogP contribution in [0.15, 0.2) is 30.5 Å². The number of carbonyl (C=O) groups is 1. The number of hydrogen-bond donors (Lipinski definition) is 1. The lowest BCUT2D eigenvalue weighted by molar-refractivity contribution is -0.131. The summed E-state index contributed by atoms with van der Waals surface area (Å²) in [6.45, 7) is 6.54. The molecule has 20 heavy (non-hydrogen) atoms. The van der Waals surface area contributed by atoms with E-state index < -0.39 is 0 Å². The van der Waals surface area contributed by atoms with Gasteiger partial charge in [0.15, 0.2) is 0 Å². The Labute approximate surface area is 120 Å². The summed E-state index contributed by atoms with van der Waals surface area (Å²) < 4.78 is 2.04. The highest BCUT2D eigenvalue weighted by atomic mass is 16.2. The van der Waals surface area contributed by atoms with E-state index in [1.807, 2.05) is 35.4 Å². The molecule has 1 aromatic heterocycles. The molecule has 0 aliphatic heterocycles. The molecule has 0 unspecified atom stereocenters. The summed E-state index contributed by atoms with van der Waals surface area (Å²) in [5.74, 6) is 0.162. The first-order chi connectivity index (χ1) is 9.71. The van der Waals surface area contributed by atoms with Gasteiger partial charge in [0.05, 0.1) is 0 Å². The van der Waals surface area contributed by atoms with Gasteiger partial charge in [0, 0.05) is 30.2 Å². The van der Waals surface area contributed by atoms with Crippen LogP contribution >= 0.6 is 0 Å². The fourth-order valence-corrected chi connectivity index (χ4v) is 2.63. The summed E-state index contributed by atoms with van der Waals surface area (Å²) in [5.41, 5.74) is 7.99. The van der Waals surface area contributed by atoms with E-state index in [0.717, 1.165) is 25.0 Å². The number of nitrogens with two attached hydrogens (primary N) is 1. The molecular weight excluding hydrogens is 250 g/mol. The highest BCUT2D eigenvalue weighted by Gasteiger charge is 2.13. The Morgan fingerprint density at radius 1 is 1.25 bits per heavy atom. The Morgan fingerprint density at radius 2 is 1.95 bits per heavy atom. The van der Waals surface area contributed by atoms with Gasteiger partial charge in [-0.25, -0.2) is 0 Å². The third-order valence-electron chi connectivity index (χ3n) is 3.71. The van der Waals surface area contributed by atoms with E-state index in [0.29, 0.717) is 13.1 Å². The number of amides is 1. The van der Waals surface area contributed by atoms with Gasteiger partial charge in [0.1, 0.15) is 6.54 Å². The third kappa shape index (κ3) is 2.85. The Hall–Kier alpha value is -1.81. The fraction of sp³-hybridized carbons (Fsp3) is 0.438. The molecule has 2 aromatic rings. The van der Waals surface area contributed by atoms with E-state index in [1.165, 1.54) is 10.9 Å². The lowest BCUT2D eigenvalue weighted by Crippen LogP contribution is -2.33. The predicted molar refractivity (Wildman–Crippen MR) is 82.6 cm³/mol. The second-order valence-corrected chi connectivity index (χ2v) is 4.90. The highest BCUT2D eigenvalue weighted by molar-refractivity contribution is 5.86. The van der Waals surface area contributed by atoms with Gasteiger partial charge >= 0.3 is 0 Å². The van der Waals surface area contributed by atoms with Crippen LogP contribution in [0.1, 0.15) is 19.4 Å². The molecule has 1 amide bonds. The van der Waals surface area contributed by atoms with Gasteiger partial charge < -0.3 is 15.2 Å². The Balaban J connectivity index is 2.32. The number of carbonyl (C=O) groups excluding carboxylic acids is 1. The number of likely N-dealkylation sites (N-methyl/N-ethyl adjacent to an activating group) is 1. The summed E-state index contributed by atoms with van der Waals surface area (Å²) in [6, 6.07) is 8.19. The maximum absolute atomic E-state index is 12.3. The second kappa shape index (κ2) is 6.57. The van der Waals surface area contributed by atoms with Crippen LogP contribution in [0.2, 0.25) is 0 Å². The number of aromatic nitrogens is 1. The minimum absolute atomic E-state index is 0.162. The van der Waals surface area contributed by atoms with Crippen LogP contribution in [0.4, 0.5) is 0 Å². The van der Waals surface area contributed by atoms with Gasteiger partial charge in [0.2, 0.25) is 5.91 Å². The van der Waals surface area contributed by atoms with Crippen molar-refractivity contribution in [2.75, 3.05) is 19.6 Å². The predicted octanol–water partition coefficient (Wildman–Crippen LogP) is 2.01. The molecule has 0 aliphatic rings. The number of nitrogens with zero attached hydrogens (tertiary/aromatic N) is 2. The maximum Gasteiger partial charge on any atom is 0.242 e. The van der Waals surface area contributed by atoms with Crippen molar-refractivity contribution >= 4 is 16.8 Å². The van der Waals surface area contributed by atoms with Crippen molar-refractivity contribution in [2.24, 2.45) is 5.73 Å². The lowest BCUT2D eigenvalue weighted by Gasteiger charge is -2.19. The molecule has 0 spiro atoms. The van der Waals surface area contributed by atoms with Crippen molar-refractivity contribution in [3.63, 3.8) is 0 Å². The third-order valence-corrected chi connectivity index (χ3v) is 3.71. The largest absolute Gasteiger partial charge is 0.342 e. The van der Waals surface area contributed by atoms with Crippen LogP contribution in [0, 0.1) is 0 Å². The summed E-state index contributed by atoms with van der Waals surface area (Å²) in [7, 11) is 0. The molecule has 4 heteroatoms. The summed E-state index contributed by atoms with van der Waals surface area (Å²) in [6.07, 6.45) is 2.91. The minimum atomic E-state index is 0.162. The van der Waals surface area contributed by atoms with Crippen LogP contribution < -0.4 is 5.73 Å². The first-order valence-electron chi connectivity index (χ1n) is 7.25. The number of para-hydroxylation sites is 1. The van der Waals surface area contributed by atoms with Crippen LogP contribution in [0.25, 0.3) is 10.9 Å². The van der Waals surface area contributed by atoms with Crippen molar-refractivity contribution in [1.29, 1.82) is 0 Å². The van der Waals surface area contributed by atoms with E-state index >= 15 is 0 Å². The van der Waals surface area contributed by atoms with Crippen molar-refractivity contribution in [1.82, 2.24) is 9.47 Å². The lowest BCUT2D eigenvalue weighted by atomic mass is 10.1. The zero-order valence-corrected chi connectivity index (χ0v) is 12.3. The van der Waals surface area contributed by atoms with Gasteiger partial charge in [0.25, 0.3) is 0 Å². The van der Waals surface area contributed by atoms with E-state index in [-0.39, 0.29) is 5.91 Å². The van der Waals surface area contributed by atoms with Gasteiger partial charge in [-0.2, -0.15) is 0 Å². The minimum Gasteiger partial charge on any atom is -0.342 e. The van der Waals surface area contributed by atoms with Crippen molar-refractivity contribution < 1.29 is 4.79 Å². The highest BCUT2D eigenvalue weighted by Crippen LogP contribution is 2.21. The Morgan fingerprint density at radius 3 is 2.60 bits per heavy atom. The van der Waals surface area contributed by atoms with Crippen LogP contribution in [0.5, 0.6) is 0 Å². The molecule has 0 saturated heterocycles. The number of benzene rings is 1. The molecule has 1 heterocycles. The van der Waals surface area contributed by atoms with E-state index in [1.54, 1.807) is 0 Å².